The molecule has 2 aromatic carbocycles. The van der Waals surface area contributed by atoms with Gasteiger partial charge in [-0.2, -0.15) is 0 Å². The summed E-state index contributed by atoms with van der Waals surface area (Å²) in [7, 11) is 1.66. The van der Waals surface area contributed by atoms with Crippen LogP contribution in [0.3, 0.4) is 0 Å². The van der Waals surface area contributed by atoms with Crippen molar-refractivity contribution >= 4 is 47.8 Å². The summed E-state index contributed by atoms with van der Waals surface area (Å²) in [5.74, 6) is 0.796. The van der Waals surface area contributed by atoms with Crippen LogP contribution in [0, 0.1) is 6.92 Å². The quantitative estimate of drug-likeness (QED) is 0.666. The molecule has 2 aromatic rings. The van der Waals surface area contributed by atoms with Crippen molar-refractivity contribution in [2.45, 2.75) is 13.0 Å². The van der Waals surface area contributed by atoms with E-state index in [0.717, 1.165) is 35.9 Å². The van der Waals surface area contributed by atoms with Gasteiger partial charge in [0.25, 0.3) is 0 Å². The number of ether oxygens (including phenoxy) is 1. The van der Waals surface area contributed by atoms with Gasteiger partial charge in [0.1, 0.15) is 5.75 Å². The topological polar surface area (TPSA) is 35.2 Å². The maximum atomic E-state index is 6.43. The average molecular weight is 464 g/mol. The molecule has 2 N–H and O–H groups in total. The van der Waals surface area contributed by atoms with Crippen molar-refractivity contribution in [2.75, 3.05) is 7.11 Å². The van der Waals surface area contributed by atoms with Gasteiger partial charge in [0.2, 0.25) is 0 Å². The van der Waals surface area contributed by atoms with Gasteiger partial charge in [-0.15, -0.1) is 0 Å². The Kier molecular flexibility index (Phi) is 5.29. The van der Waals surface area contributed by atoms with Crippen molar-refractivity contribution in [2.24, 2.45) is 5.73 Å². The van der Waals surface area contributed by atoms with Crippen molar-refractivity contribution in [3.63, 3.8) is 0 Å². The number of hydrogen-bond acceptors (Lipinski definition) is 2. The molecule has 0 heterocycles. The molecule has 0 saturated carbocycles. The third-order valence-electron chi connectivity index (χ3n) is 3.14. The summed E-state index contributed by atoms with van der Waals surface area (Å²) in [6.45, 7) is 2.02. The summed E-state index contributed by atoms with van der Waals surface area (Å²) < 4.78 is 8.46. The lowest BCUT2D eigenvalue weighted by atomic mass is 9.97. The third-order valence-corrected chi connectivity index (χ3v) is 5.21. The predicted octanol–water partition coefficient (Wildman–Crippen LogP) is 5.34. The Bertz CT molecular complexity index is 643. The van der Waals surface area contributed by atoms with Crippen molar-refractivity contribution in [1.82, 2.24) is 0 Å². The zero-order valence-corrected chi connectivity index (χ0v) is 15.8. The van der Waals surface area contributed by atoms with E-state index < -0.39 is 0 Å². The molecule has 0 saturated heterocycles. The fraction of sp³-hybridized carbons (Fsp3) is 0.200. The van der Waals surface area contributed by atoms with Crippen LogP contribution < -0.4 is 10.5 Å². The first-order valence-corrected chi connectivity index (χ1v) is 8.36. The molecule has 1 unspecified atom stereocenters. The molecule has 0 aliphatic heterocycles. The molecule has 0 aromatic heterocycles. The van der Waals surface area contributed by atoms with Gasteiger partial charge in [0.15, 0.2) is 0 Å². The van der Waals surface area contributed by atoms with E-state index in [9.17, 15) is 0 Å². The first-order chi connectivity index (χ1) is 9.43. The van der Waals surface area contributed by atoms with Crippen molar-refractivity contribution in [1.29, 1.82) is 0 Å². The number of methoxy groups -OCH3 is 1. The van der Waals surface area contributed by atoms with Gasteiger partial charge in [-0.25, -0.2) is 0 Å². The number of rotatable bonds is 3. The highest BCUT2D eigenvalue weighted by atomic mass is 79.9. The standard InChI is InChI=1S/C15H14Br3NO/c1-8-5-14(20-2)11(7-13(8)18)15(19)10-6-9(16)3-4-12(10)17/h3-7,15H,19H2,1-2H3. The monoisotopic (exact) mass is 461 g/mol. The van der Waals surface area contributed by atoms with E-state index in [4.69, 9.17) is 10.5 Å². The highest BCUT2D eigenvalue weighted by Gasteiger charge is 2.18. The lowest BCUT2D eigenvalue weighted by Gasteiger charge is -2.19. The van der Waals surface area contributed by atoms with Crippen LogP contribution in [0.1, 0.15) is 22.7 Å². The second-order valence-electron chi connectivity index (χ2n) is 4.49. The summed E-state index contributed by atoms with van der Waals surface area (Å²) >= 11 is 10.6. The van der Waals surface area contributed by atoms with Gasteiger partial charge >= 0.3 is 0 Å². The van der Waals surface area contributed by atoms with Crippen LogP contribution in [0.15, 0.2) is 43.7 Å². The second-order valence-corrected chi connectivity index (χ2v) is 7.11. The van der Waals surface area contributed by atoms with E-state index in [1.807, 2.05) is 37.3 Å². The van der Waals surface area contributed by atoms with E-state index in [-0.39, 0.29) is 6.04 Å². The van der Waals surface area contributed by atoms with Crippen LogP contribution in [0.4, 0.5) is 0 Å². The van der Waals surface area contributed by atoms with Crippen LogP contribution in [0.5, 0.6) is 5.75 Å². The fourth-order valence-corrected chi connectivity index (χ4v) is 3.24. The van der Waals surface area contributed by atoms with Gasteiger partial charge in [0.05, 0.1) is 13.2 Å². The molecule has 0 fully saturated rings. The zero-order chi connectivity index (χ0) is 14.9. The largest absolute Gasteiger partial charge is 0.496 e. The number of benzene rings is 2. The Morgan fingerprint density at radius 1 is 1.00 bits per heavy atom. The fourth-order valence-electron chi connectivity index (χ4n) is 2.01. The molecule has 106 valence electrons. The molecular weight excluding hydrogens is 450 g/mol. The maximum Gasteiger partial charge on any atom is 0.124 e. The van der Waals surface area contributed by atoms with Gasteiger partial charge < -0.3 is 10.5 Å². The van der Waals surface area contributed by atoms with Crippen LogP contribution in [-0.4, -0.2) is 7.11 Å². The van der Waals surface area contributed by atoms with Crippen LogP contribution in [0.2, 0.25) is 0 Å². The lowest BCUT2D eigenvalue weighted by Crippen LogP contribution is -2.14. The van der Waals surface area contributed by atoms with Crippen LogP contribution >= 0.6 is 47.8 Å². The second kappa shape index (κ2) is 6.60. The first kappa shape index (κ1) is 16.0. The summed E-state index contributed by atoms with van der Waals surface area (Å²) in [4.78, 5) is 0. The summed E-state index contributed by atoms with van der Waals surface area (Å²) in [6.07, 6.45) is 0. The maximum absolute atomic E-state index is 6.43. The molecular formula is C15H14Br3NO. The molecule has 2 nitrogen and oxygen atoms in total. The minimum atomic E-state index is -0.270. The Morgan fingerprint density at radius 3 is 2.35 bits per heavy atom. The minimum absolute atomic E-state index is 0.270. The van der Waals surface area contributed by atoms with E-state index >= 15 is 0 Å². The Hall–Kier alpha value is -0.360. The first-order valence-electron chi connectivity index (χ1n) is 5.98. The van der Waals surface area contributed by atoms with Gasteiger partial charge in [0, 0.05) is 19.0 Å². The summed E-state index contributed by atoms with van der Waals surface area (Å²) in [5, 5.41) is 0. The highest BCUT2D eigenvalue weighted by Crippen LogP contribution is 2.36. The van der Waals surface area contributed by atoms with Crippen molar-refractivity contribution in [3.05, 3.63) is 60.4 Å². The Labute approximate surface area is 144 Å². The van der Waals surface area contributed by atoms with E-state index in [1.54, 1.807) is 7.11 Å². The SMILES string of the molecule is COc1cc(C)c(Br)cc1C(N)c1cc(Br)ccc1Br. The number of hydrogen-bond donors (Lipinski definition) is 1. The minimum Gasteiger partial charge on any atom is -0.496 e. The van der Waals surface area contributed by atoms with Gasteiger partial charge in [-0.3, -0.25) is 0 Å². The van der Waals surface area contributed by atoms with E-state index in [0.29, 0.717) is 0 Å². The highest BCUT2D eigenvalue weighted by molar-refractivity contribution is 9.11. The van der Waals surface area contributed by atoms with Gasteiger partial charge in [-0.05, 0) is 48.4 Å². The molecule has 0 aliphatic rings. The van der Waals surface area contributed by atoms with Gasteiger partial charge in [-0.1, -0.05) is 47.8 Å². The van der Waals surface area contributed by atoms with Crippen LogP contribution in [-0.2, 0) is 0 Å². The molecule has 5 heteroatoms. The molecule has 0 amide bonds. The Balaban J connectivity index is 2.55. The Morgan fingerprint density at radius 2 is 1.70 bits per heavy atom. The molecule has 0 bridgehead atoms. The average Bonchev–Trinajstić information content (AvgIpc) is 2.43. The number of nitrogens with two attached hydrogens (primary N) is 1. The molecule has 0 aliphatic carbocycles. The molecule has 1 atom stereocenters. The lowest BCUT2D eigenvalue weighted by molar-refractivity contribution is 0.407. The predicted molar refractivity (Wildman–Crippen MR) is 93.3 cm³/mol. The third kappa shape index (κ3) is 3.27. The molecule has 20 heavy (non-hydrogen) atoms. The molecule has 0 radical (unpaired) electrons. The molecule has 0 spiro atoms. The van der Waals surface area contributed by atoms with E-state index in [2.05, 4.69) is 47.8 Å². The normalized spacial score (nSPS) is 12.3. The van der Waals surface area contributed by atoms with E-state index in [1.165, 1.54) is 0 Å². The number of halogens is 3. The summed E-state index contributed by atoms with van der Waals surface area (Å²) in [6, 6.07) is 9.71. The van der Waals surface area contributed by atoms with Crippen molar-refractivity contribution in [3.8, 4) is 5.75 Å². The summed E-state index contributed by atoms with van der Waals surface area (Å²) in [5.41, 5.74) is 9.50. The zero-order valence-electron chi connectivity index (χ0n) is 11.1. The van der Waals surface area contributed by atoms with Crippen molar-refractivity contribution < 1.29 is 4.74 Å². The smallest absolute Gasteiger partial charge is 0.124 e. The molecule has 2 rings (SSSR count). The number of aryl methyl sites for hydroxylation is 1. The van der Waals surface area contributed by atoms with Crippen LogP contribution in [0.25, 0.3) is 0 Å².